The van der Waals surface area contributed by atoms with Gasteiger partial charge in [-0.2, -0.15) is 0 Å². The lowest BCUT2D eigenvalue weighted by atomic mass is 10.0. The molecule has 94 valence electrons. The fourth-order valence-electron chi connectivity index (χ4n) is 1.95. The predicted molar refractivity (Wildman–Crippen MR) is 78.5 cm³/mol. The molecule has 3 heteroatoms. The summed E-state index contributed by atoms with van der Waals surface area (Å²) >= 11 is 3.53. The summed E-state index contributed by atoms with van der Waals surface area (Å²) < 4.78 is 1.10. The Hall–Kier alpha value is -1.19. The van der Waals surface area contributed by atoms with Crippen molar-refractivity contribution in [3.05, 3.63) is 64.4 Å². The minimum atomic E-state index is 0.205. The molecule has 1 unspecified atom stereocenters. The van der Waals surface area contributed by atoms with Gasteiger partial charge in [-0.1, -0.05) is 41.1 Å². The zero-order valence-electron chi connectivity index (χ0n) is 10.4. The molecule has 2 aromatic rings. The van der Waals surface area contributed by atoms with Crippen LogP contribution in [0.5, 0.6) is 0 Å². The van der Waals surface area contributed by atoms with Gasteiger partial charge in [-0.15, -0.1) is 0 Å². The lowest BCUT2D eigenvalue weighted by Gasteiger charge is -2.19. The lowest BCUT2D eigenvalue weighted by Crippen LogP contribution is -2.23. The van der Waals surface area contributed by atoms with Crippen molar-refractivity contribution in [2.45, 2.75) is 19.4 Å². The largest absolute Gasteiger partial charge is 0.306 e. The fourth-order valence-corrected chi connectivity index (χ4v) is 2.37. The van der Waals surface area contributed by atoms with Crippen molar-refractivity contribution in [1.29, 1.82) is 0 Å². The summed E-state index contributed by atoms with van der Waals surface area (Å²) in [6.07, 6.45) is 4.85. The topological polar surface area (TPSA) is 24.9 Å². The Morgan fingerprint density at radius 3 is 2.72 bits per heavy atom. The maximum atomic E-state index is 4.21. The molecule has 1 aromatic carbocycles. The number of hydrogen-bond donors (Lipinski definition) is 1. The van der Waals surface area contributed by atoms with E-state index in [0.717, 1.165) is 17.4 Å². The first-order chi connectivity index (χ1) is 8.81. The van der Waals surface area contributed by atoms with Crippen molar-refractivity contribution in [2.24, 2.45) is 0 Å². The second-order valence-electron chi connectivity index (χ2n) is 4.23. The number of aromatic nitrogens is 1. The molecule has 0 bridgehead atoms. The van der Waals surface area contributed by atoms with E-state index >= 15 is 0 Å². The molecule has 0 amide bonds. The SMILES string of the molecule is CCCNC(c1cccnc1)c1cccc(Br)c1. The smallest absolute Gasteiger partial charge is 0.0592 e. The Morgan fingerprint density at radius 2 is 2.06 bits per heavy atom. The molecule has 0 saturated carbocycles. The molecule has 0 aliphatic rings. The van der Waals surface area contributed by atoms with Gasteiger partial charge in [0, 0.05) is 16.9 Å². The number of rotatable bonds is 5. The number of nitrogens with one attached hydrogen (secondary N) is 1. The van der Waals surface area contributed by atoms with Gasteiger partial charge in [-0.3, -0.25) is 4.98 Å². The Bertz CT molecular complexity index is 485. The number of halogens is 1. The Balaban J connectivity index is 2.31. The first-order valence-electron chi connectivity index (χ1n) is 6.20. The van der Waals surface area contributed by atoms with Crippen LogP contribution in [-0.2, 0) is 0 Å². The molecule has 0 spiro atoms. The molecule has 0 saturated heterocycles. The number of hydrogen-bond acceptors (Lipinski definition) is 2. The van der Waals surface area contributed by atoms with Crippen LogP contribution in [0.25, 0.3) is 0 Å². The number of benzene rings is 1. The van der Waals surface area contributed by atoms with E-state index in [1.54, 1.807) is 6.20 Å². The maximum absolute atomic E-state index is 4.21. The van der Waals surface area contributed by atoms with E-state index in [1.807, 2.05) is 18.3 Å². The van der Waals surface area contributed by atoms with Crippen LogP contribution in [0, 0.1) is 0 Å². The first kappa shape index (κ1) is 13.2. The van der Waals surface area contributed by atoms with Crippen molar-refractivity contribution in [3.8, 4) is 0 Å². The Kier molecular flexibility index (Phi) is 4.90. The monoisotopic (exact) mass is 304 g/mol. The lowest BCUT2D eigenvalue weighted by molar-refractivity contribution is 0.597. The third kappa shape index (κ3) is 3.40. The molecule has 0 radical (unpaired) electrons. The molecule has 0 fully saturated rings. The third-order valence-corrected chi connectivity index (χ3v) is 3.29. The van der Waals surface area contributed by atoms with Crippen molar-refractivity contribution in [3.63, 3.8) is 0 Å². The standard InChI is InChI=1S/C15H17BrN2/c1-2-8-18-15(13-6-4-9-17-11-13)12-5-3-7-14(16)10-12/h3-7,9-11,15,18H,2,8H2,1H3. The van der Waals surface area contributed by atoms with Gasteiger partial charge in [0.25, 0.3) is 0 Å². The van der Waals surface area contributed by atoms with Gasteiger partial charge in [0.2, 0.25) is 0 Å². The van der Waals surface area contributed by atoms with E-state index < -0.39 is 0 Å². The van der Waals surface area contributed by atoms with Crippen LogP contribution in [0.4, 0.5) is 0 Å². The molecule has 18 heavy (non-hydrogen) atoms. The summed E-state index contributed by atoms with van der Waals surface area (Å²) in [6.45, 7) is 3.17. The van der Waals surface area contributed by atoms with Crippen LogP contribution in [0.15, 0.2) is 53.3 Å². The minimum Gasteiger partial charge on any atom is -0.306 e. The van der Waals surface area contributed by atoms with Gasteiger partial charge in [-0.05, 0) is 42.3 Å². The highest BCUT2D eigenvalue weighted by Crippen LogP contribution is 2.23. The van der Waals surface area contributed by atoms with E-state index in [9.17, 15) is 0 Å². The summed E-state index contributed by atoms with van der Waals surface area (Å²) in [7, 11) is 0. The zero-order valence-corrected chi connectivity index (χ0v) is 12.0. The van der Waals surface area contributed by atoms with E-state index in [-0.39, 0.29) is 6.04 Å². The molecule has 0 aliphatic carbocycles. The number of pyridine rings is 1. The van der Waals surface area contributed by atoms with Gasteiger partial charge in [0.05, 0.1) is 6.04 Å². The maximum Gasteiger partial charge on any atom is 0.0592 e. The van der Waals surface area contributed by atoms with E-state index in [1.165, 1.54) is 11.1 Å². The van der Waals surface area contributed by atoms with E-state index in [4.69, 9.17) is 0 Å². The molecular formula is C15H17BrN2. The molecule has 1 atom stereocenters. The molecule has 1 aromatic heterocycles. The molecule has 2 nitrogen and oxygen atoms in total. The highest BCUT2D eigenvalue weighted by Gasteiger charge is 2.13. The Labute approximate surface area is 117 Å². The first-order valence-corrected chi connectivity index (χ1v) is 6.99. The summed E-state index contributed by atoms with van der Waals surface area (Å²) in [6, 6.07) is 12.7. The highest BCUT2D eigenvalue weighted by atomic mass is 79.9. The number of nitrogens with zero attached hydrogens (tertiary/aromatic N) is 1. The van der Waals surface area contributed by atoms with Crippen molar-refractivity contribution < 1.29 is 0 Å². The predicted octanol–water partition coefficient (Wildman–Crippen LogP) is 3.93. The molecule has 0 aliphatic heterocycles. The van der Waals surface area contributed by atoms with Gasteiger partial charge in [-0.25, -0.2) is 0 Å². The summed E-state index contributed by atoms with van der Waals surface area (Å²) in [5.74, 6) is 0. The van der Waals surface area contributed by atoms with Crippen LogP contribution >= 0.6 is 15.9 Å². The third-order valence-electron chi connectivity index (χ3n) is 2.80. The van der Waals surface area contributed by atoms with Gasteiger partial charge >= 0.3 is 0 Å². The van der Waals surface area contributed by atoms with Crippen LogP contribution in [0.2, 0.25) is 0 Å². The molecule has 1 N–H and O–H groups in total. The summed E-state index contributed by atoms with van der Waals surface area (Å²) in [4.78, 5) is 4.21. The quantitative estimate of drug-likeness (QED) is 0.905. The Morgan fingerprint density at radius 1 is 1.22 bits per heavy atom. The molecule has 1 heterocycles. The summed E-state index contributed by atoms with van der Waals surface area (Å²) in [5.41, 5.74) is 2.45. The zero-order chi connectivity index (χ0) is 12.8. The van der Waals surface area contributed by atoms with Crippen molar-refractivity contribution in [2.75, 3.05) is 6.54 Å². The normalized spacial score (nSPS) is 12.3. The van der Waals surface area contributed by atoms with Gasteiger partial charge < -0.3 is 5.32 Å². The van der Waals surface area contributed by atoms with Crippen LogP contribution in [0.3, 0.4) is 0 Å². The second kappa shape index (κ2) is 6.66. The molecular weight excluding hydrogens is 288 g/mol. The van der Waals surface area contributed by atoms with Crippen molar-refractivity contribution >= 4 is 15.9 Å². The van der Waals surface area contributed by atoms with Crippen molar-refractivity contribution in [1.82, 2.24) is 10.3 Å². The average Bonchev–Trinajstić information content (AvgIpc) is 2.40. The van der Waals surface area contributed by atoms with Crippen LogP contribution < -0.4 is 5.32 Å². The van der Waals surface area contributed by atoms with Crippen LogP contribution in [0.1, 0.15) is 30.5 Å². The van der Waals surface area contributed by atoms with E-state index in [2.05, 4.69) is 57.4 Å². The van der Waals surface area contributed by atoms with Gasteiger partial charge in [0.1, 0.15) is 0 Å². The van der Waals surface area contributed by atoms with Crippen LogP contribution in [-0.4, -0.2) is 11.5 Å². The van der Waals surface area contributed by atoms with E-state index in [0.29, 0.717) is 0 Å². The highest BCUT2D eigenvalue weighted by molar-refractivity contribution is 9.10. The summed E-state index contributed by atoms with van der Waals surface area (Å²) in [5, 5.41) is 3.57. The average molecular weight is 305 g/mol. The second-order valence-corrected chi connectivity index (χ2v) is 5.14. The fraction of sp³-hybridized carbons (Fsp3) is 0.267. The molecule has 2 rings (SSSR count). The van der Waals surface area contributed by atoms with Gasteiger partial charge in [0.15, 0.2) is 0 Å². The minimum absolute atomic E-state index is 0.205.